The Labute approximate surface area is 95.7 Å². The largest absolute Gasteiger partial charge is 0.551 e. The van der Waals surface area contributed by atoms with Crippen LogP contribution in [0.5, 0.6) is 0 Å². The molecule has 1 aromatic rings. The maximum absolute atomic E-state index is 5.77. The van der Waals surface area contributed by atoms with Gasteiger partial charge >= 0.3 is 6.69 Å². The lowest BCUT2D eigenvalue weighted by atomic mass is 9.71. The molecule has 3 nitrogen and oxygen atoms in total. The topological polar surface area (TPSA) is 21.7 Å². The first-order valence-corrected chi connectivity index (χ1v) is 5.81. The molecule has 0 spiro atoms. The average Bonchev–Trinajstić information content (AvgIpc) is 2.87. The van der Waals surface area contributed by atoms with Crippen molar-refractivity contribution in [2.75, 3.05) is 26.3 Å². The second-order valence-corrected chi connectivity index (χ2v) is 4.28. The van der Waals surface area contributed by atoms with E-state index < -0.39 is 6.69 Å². The maximum Gasteiger partial charge on any atom is 0.340 e. The summed E-state index contributed by atoms with van der Waals surface area (Å²) in [5.41, 5.74) is 1.18. The summed E-state index contributed by atoms with van der Waals surface area (Å²) >= 11 is 0. The highest BCUT2D eigenvalue weighted by molar-refractivity contribution is 6.71. The van der Waals surface area contributed by atoms with Crippen molar-refractivity contribution < 1.29 is 9.31 Å². The van der Waals surface area contributed by atoms with E-state index in [4.69, 9.17) is 9.31 Å². The maximum atomic E-state index is 5.77. The summed E-state index contributed by atoms with van der Waals surface area (Å²) in [5, 5.41) is 0. The summed E-state index contributed by atoms with van der Waals surface area (Å²) in [5.74, 6) is 2.08. The highest BCUT2D eigenvalue weighted by atomic mass is 16.6. The van der Waals surface area contributed by atoms with Crippen molar-refractivity contribution in [3.05, 3.63) is 41.9 Å². The molecule has 2 saturated heterocycles. The third kappa shape index (κ3) is 1.69. The molecule has 0 amide bonds. The monoisotopic (exact) mass is 216 g/mol. The zero-order valence-electron chi connectivity index (χ0n) is 9.21. The van der Waals surface area contributed by atoms with Crippen LogP contribution in [0.25, 0.3) is 6.08 Å². The van der Waals surface area contributed by atoms with E-state index in [0.29, 0.717) is 0 Å². The van der Waals surface area contributed by atoms with Crippen LogP contribution in [0.4, 0.5) is 0 Å². The number of benzene rings is 1. The molecule has 2 aliphatic rings. The molecular weight excluding hydrogens is 201 g/mol. The highest BCUT2D eigenvalue weighted by Gasteiger charge is 2.39. The van der Waals surface area contributed by atoms with Crippen LogP contribution in [-0.2, 0) is 9.31 Å². The molecule has 2 heterocycles. The molecule has 0 N–H and O–H groups in total. The summed E-state index contributed by atoms with van der Waals surface area (Å²) in [6.07, 6.45) is 2.09. The van der Waals surface area contributed by atoms with E-state index in [0.717, 1.165) is 26.3 Å². The Kier molecular flexibility index (Phi) is 2.55. The molecule has 84 valence electrons. The molecule has 1 aromatic carbocycles. The van der Waals surface area contributed by atoms with Gasteiger partial charge in [0.05, 0.1) is 0 Å². The number of nitrogens with zero attached hydrogens (tertiary/aromatic N) is 1. The molecule has 0 aliphatic carbocycles. The number of rotatable bonds is 2. The van der Waals surface area contributed by atoms with Gasteiger partial charge in [-0.1, -0.05) is 36.4 Å². The smallest absolute Gasteiger partial charge is 0.340 e. The minimum Gasteiger partial charge on any atom is -0.551 e. The van der Waals surface area contributed by atoms with Crippen molar-refractivity contribution in [2.24, 2.45) is 0 Å². The Balaban J connectivity index is 1.81. The molecule has 0 radical (unpaired) electrons. The van der Waals surface area contributed by atoms with Gasteiger partial charge in [-0.15, -0.1) is 0 Å². The fourth-order valence-corrected chi connectivity index (χ4v) is 2.44. The third-order valence-corrected chi connectivity index (χ3v) is 3.31. The van der Waals surface area contributed by atoms with Gasteiger partial charge in [0.15, 0.2) is 0 Å². The normalized spacial score (nSPS) is 24.0. The highest BCUT2D eigenvalue weighted by Crippen LogP contribution is 2.26. The van der Waals surface area contributed by atoms with Crippen molar-refractivity contribution >= 4 is 12.8 Å². The van der Waals surface area contributed by atoms with Crippen molar-refractivity contribution in [1.82, 2.24) is 4.81 Å². The van der Waals surface area contributed by atoms with Gasteiger partial charge in [-0.2, -0.15) is 5.98 Å². The van der Waals surface area contributed by atoms with Crippen LogP contribution in [0, 0.1) is 0 Å². The first-order chi connectivity index (χ1) is 7.89. The van der Waals surface area contributed by atoms with Gasteiger partial charge in [0.25, 0.3) is 0 Å². The van der Waals surface area contributed by atoms with E-state index >= 15 is 0 Å². The second kappa shape index (κ2) is 4.05. The first-order valence-electron chi connectivity index (χ1n) is 5.81. The van der Waals surface area contributed by atoms with E-state index in [1.807, 2.05) is 18.2 Å². The van der Waals surface area contributed by atoms with E-state index in [-0.39, 0.29) is 0 Å². The van der Waals surface area contributed by atoms with Gasteiger partial charge in [0.1, 0.15) is 0 Å². The van der Waals surface area contributed by atoms with Crippen LogP contribution in [-0.4, -0.2) is 37.8 Å². The number of hydrogen-bond acceptors (Lipinski definition) is 3. The molecule has 4 heteroatoms. The summed E-state index contributed by atoms with van der Waals surface area (Å²) in [7, 11) is 0. The quantitative estimate of drug-likeness (QED) is 0.700. The van der Waals surface area contributed by atoms with Gasteiger partial charge in [0, 0.05) is 13.2 Å². The molecule has 0 atom stereocenters. The molecule has 0 bridgehead atoms. The summed E-state index contributed by atoms with van der Waals surface area (Å²) in [4.78, 5) is 2.29. The molecular formula is C12H15BNO2-. The predicted octanol–water partition coefficient (Wildman–Crippen LogP) is 1.54. The lowest BCUT2D eigenvalue weighted by Crippen LogP contribution is -2.45. The Hall–Kier alpha value is -1.10. The zero-order chi connectivity index (χ0) is 10.8. The lowest BCUT2D eigenvalue weighted by Gasteiger charge is -2.33. The van der Waals surface area contributed by atoms with Crippen LogP contribution in [0.1, 0.15) is 5.56 Å². The number of hydrogen-bond donors (Lipinski definition) is 0. The summed E-state index contributed by atoms with van der Waals surface area (Å²) in [6.45, 7) is 2.24. The Bertz CT molecular complexity index is 383. The van der Waals surface area contributed by atoms with Gasteiger partial charge < -0.3 is 14.1 Å². The van der Waals surface area contributed by atoms with E-state index in [9.17, 15) is 0 Å². The molecule has 16 heavy (non-hydrogen) atoms. The van der Waals surface area contributed by atoms with E-state index in [2.05, 4.69) is 29.0 Å². The Morgan fingerprint density at radius 3 is 2.44 bits per heavy atom. The Morgan fingerprint density at radius 1 is 1.06 bits per heavy atom. The van der Waals surface area contributed by atoms with E-state index in [1.165, 1.54) is 5.56 Å². The molecule has 2 fully saturated rings. The predicted molar refractivity (Wildman–Crippen MR) is 64.7 cm³/mol. The fourth-order valence-electron chi connectivity index (χ4n) is 2.44. The standard InChI is InChI=1S/C12H15BNO2/c1-2-4-12(5-3-1)6-7-13-14(8-10-15-13)9-11-16-13/h1-7H,8-11H2/q-1/b7-6+. The van der Waals surface area contributed by atoms with Crippen LogP contribution < -0.4 is 0 Å². The first kappa shape index (κ1) is 10.1. The Morgan fingerprint density at radius 2 is 1.75 bits per heavy atom. The summed E-state index contributed by atoms with van der Waals surface area (Å²) in [6, 6.07) is 10.3. The molecule has 0 saturated carbocycles. The molecule has 0 aromatic heterocycles. The van der Waals surface area contributed by atoms with Crippen molar-refractivity contribution in [1.29, 1.82) is 0 Å². The van der Waals surface area contributed by atoms with Crippen LogP contribution in [0.15, 0.2) is 36.3 Å². The fraction of sp³-hybridized carbons (Fsp3) is 0.333. The van der Waals surface area contributed by atoms with Crippen LogP contribution >= 0.6 is 0 Å². The van der Waals surface area contributed by atoms with Crippen molar-refractivity contribution in [3.63, 3.8) is 0 Å². The van der Waals surface area contributed by atoms with Gasteiger partial charge in [0.2, 0.25) is 0 Å². The second-order valence-electron chi connectivity index (χ2n) is 4.28. The zero-order valence-corrected chi connectivity index (χ0v) is 9.21. The minimum absolute atomic E-state index is 0.777. The lowest BCUT2D eigenvalue weighted by molar-refractivity contribution is 0.231. The SMILES string of the molecule is C(=C\[B-]12OCCN1CCO2)/c1ccccc1. The van der Waals surface area contributed by atoms with Gasteiger partial charge in [-0.3, -0.25) is 0 Å². The molecule has 2 aliphatic heterocycles. The summed E-state index contributed by atoms with van der Waals surface area (Å²) < 4.78 is 11.5. The molecule has 3 rings (SSSR count). The van der Waals surface area contributed by atoms with Crippen LogP contribution in [0.2, 0.25) is 0 Å². The van der Waals surface area contributed by atoms with E-state index in [1.54, 1.807) is 0 Å². The van der Waals surface area contributed by atoms with Crippen molar-refractivity contribution in [2.45, 2.75) is 0 Å². The van der Waals surface area contributed by atoms with Gasteiger partial charge in [-0.25, -0.2) is 0 Å². The molecule has 0 unspecified atom stereocenters. The minimum atomic E-state index is -1.28. The van der Waals surface area contributed by atoms with Crippen molar-refractivity contribution in [3.8, 4) is 0 Å². The third-order valence-electron chi connectivity index (χ3n) is 3.31. The van der Waals surface area contributed by atoms with Gasteiger partial charge in [-0.05, 0) is 18.7 Å². The average molecular weight is 216 g/mol. The number of fused-ring (bicyclic) bond motifs is 1. The van der Waals surface area contributed by atoms with Crippen LogP contribution in [0.3, 0.4) is 0 Å².